The summed E-state index contributed by atoms with van der Waals surface area (Å²) in [7, 11) is 0. The average molecular weight is 220 g/mol. The number of fused-ring (bicyclic) bond motifs is 3. The summed E-state index contributed by atoms with van der Waals surface area (Å²) in [5, 5.41) is 14.3. The van der Waals surface area contributed by atoms with Crippen LogP contribution in [0.1, 0.15) is 5.82 Å². The predicted octanol–water partition coefficient (Wildman–Crippen LogP) is 1.63. The summed E-state index contributed by atoms with van der Waals surface area (Å²) in [6, 6.07) is 1.81. The first-order chi connectivity index (χ1) is 7.27. The van der Waals surface area contributed by atoms with Gasteiger partial charge in [0, 0.05) is 23.2 Å². The molecule has 74 valence electrons. The monoisotopic (exact) mass is 219 g/mol. The molecule has 0 saturated heterocycles. The molecular formula is C9H6ClN5. The van der Waals surface area contributed by atoms with Crippen molar-refractivity contribution in [3.63, 3.8) is 0 Å². The number of rotatable bonds is 0. The van der Waals surface area contributed by atoms with E-state index >= 15 is 0 Å². The highest BCUT2D eigenvalue weighted by molar-refractivity contribution is 6.34. The molecule has 0 aliphatic rings. The zero-order valence-corrected chi connectivity index (χ0v) is 8.60. The van der Waals surface area contributed by atoms with Crippen LogP contribution in [-0.2, 0) is 0 Å². The van der Waals surface area contributed by atoms with Crippen LogP contribution in [-0.4, -0.2) is 24.8 Å². The predicted molar refractivity (Wildman–Crippen MR) is 55.8 cm³/mol. The molecule has 0 spiro atoms. The third kappa shape index (κ3) is 1.10. The van der Waals surface area contributed by atoms with Crippen molar-refractivity contribution in [3.05, 3.63) is 29.4 Å². The van der Waals surface area contributed by atoms with Gasteiger partial charge in [-0.15, -0.1) is 10.2 Å². The number of hydrogen-bond acceptors (Lipinski definition) is 4. The quantitative estimate of drug-likeness (QED) is 0.577. The summed E-state index contributed by atoms with van der Waals surface area (Å²) < 4.78 is 1.62. The van der Waals surface area contributed by atoms with Crippen molar-refractivity contribution in [2.24, 2.45) is 0 Å². The van der Waals surface area contributed by atoms with E-state index in [-0.39, 0.29) is 0 Å². The van der Waals surface area contributed by atoms with E-state index in [0.29, 0.717) is 16.6 Å². The molecule has 3 heterocycles. The van der Waals surface area contributed by atoms with Crippen molar-refractivity contribution in [1.29, 1.82) is 0 Å². The van der Waals surface area contributed by atoms with Crippen molar-refractivity contribution in [1.82, 2.24) is 24.8 Å². The van der Waals surface area contributed by atoms with Crippen LogP contribution in [0.2, 0.25) is 5.15 Å². The first kappa shape index (κ1) is 8.55. The minimum atomic E-state index is 0.433. The maximum absolute atomic E-state index is 6.05. The average Bonchev–Trinajstić information content (AvgIpc) is 2.62. The Balaban J connectivity index is 2.65. The highest BCUT2D eigenvalue weighted by atomic mass is 35.5. The number of aryl methyl sites for hydroxylation is 1. The van der Waals surface area contributed by atoms with Crippen LogP contribution in [0.25, 0.3) is 16.4 Å². The molecule has 0 bridgehead atoms. The normalized spacial score (nSPS) is 11.3. The summed E-state index contributed by atoms with van der Waals surface area (Å²) in [6.07, 6.45) is 3.39. The van der Waals surface area contributed by atoms with Gasteiger partial charge in [0.15, 0.2) is 16.6 Å². The molecule has 0 aliphatic heterocycles. The van der Waals surface area contributed by atoms with Crippen LogP contribution in [0, 0.1) is 6.92 Å². The molecule has 0 N–H and O–H groups in total. The molecule has 3 rings (SSSR count). The van der Waals surface area contributed by atoms with E-state index in [0.717, 1.165) is 10.8 Å². The van der Waals surface area contributed by atoms with Gasteiger partial charge in [-0.1, -0.05) is 11.6 Å². The number of pyridine rings is 1. The Bertz CT molecular complexity index is 660. The van der Waals surface area contributed by atoms with E-state index in [1.165, 1.54) is 0 Å². The first-order valence-electron chi connectivity index (χ1n) is 4.38. The lowest BCUT2D eigenvalue weighted by molar-refractivity contribution is 0.881. The van der Waals surface area contributed by atoms with Crippen LogP contribution in [0.5, 0.6) is 0 Å². The smallest absolute Gasteiger partial charge is 0.187 e. The van der Waals surface area contributed by atoms with Gasteiger partial charge in [-0.3, -0.25) is 4.98 Å². The Morgan fingerprint density at radius 3 is 3.00 bits per heavy atom. The van der Waals surface area contributed by atoms with Gasteiger partial charge in [0.2, 0.25) is 0 Å². The first-order valence-corrected chi connectivity index (χ1v) is 4.76. The van der Waals surface area contributed by atoms with Crippen molar-refractivity contribution >= 4 is 28.0 Å². The van der Waals surface area contributed by atoms with E-state index in [2.05, 4.69) is 20.3 Å². The minimum absolute atomic E-state index is 0.433. The van der Waals surface area contributed by atoms with Crippen molar-refractivity contribution < 1.29 is 0 Å². The molecule has 0 saturated carbocycles. The maximum Gasteiger partial charge on any atom is 0.187 e. The molecule has 5 nitrogen and oxygen atoms in total. The Labute approximate surface area is 89.7 Å². The van der Waals surface area contributed by atoms with Gasteiger partial charge in [0.05, 0.1) is 0 Å². The van der Waals surface area contributed by atoms with Crippen molar-refractivity contribution in [2.45, 2.75) is 6.92 Å². The summed E-state index contributed by atoms with van der Waals surface area (Å²) in [5.41, 5.74) is 0.681. The van der Waals surface area contributed by atoms with Gasteiger partial charge in [-0.05, 0) is 13.0 Å². The second-order valence-corrected chi connectivity index (χ2v) is 3.55. The van der Waals surface area contributed by atoms with Crippen LogP contribution in [0.3, 0.4) is 0 Å². The Kier molecular flexibility index (Phi) is 1.63. The summed E-state index contributed by atoms with van der Waals surface area (Å²) in [4.78, 5) is 4.05. The Morgan fingerprint density at radius 2 is 2.13 bits per heavy atom. The fourth-order valence-corrected chi connectivity index (χ4v) is 1.78. The molecule has 0 aromatic carbocycles. The highest BCUT2D eigenvalue weighted by Gasteiger charge is 2.10. The third-order valence-corrected chi connectivity index (χ3v) is 2.55. The molecule has 6 heteroatoms. The van der Waals surface area contributed by atoms with Gasteiger partial charge >= 0.3 is 0 Å². The molecule has 0 radical (unpaired) electrons. The van der Waals surface area contributed by atoms with Gasteiger partial charge in [-0.2, -0.15) is 9.61 Å². The van der Waals surface area contributed by atoms with Crippen molar-refractivity contribution in [2.75, 3.05) is 0 Å². The summed E-state index contributed by atoms with van der Waals surface area (Å²) >= 11 is 6.05. The fourth-order valence-electron chi connectivity index (χ4n) is 1.54. The molecule has 3 aromatic rings. The molecule has 0 aliphatic carbocycles. The zero-order valence-electron chi connectivity index (χ0n) is 7.85. The fraction of sp³-hybridized carbons (Fsp3) is 0.111. The van der Waals surface area contributed by atoms with E-state index in [1.807, 2.05) is 13.0 Å². The summed E-state index contributed by atoms with van der Waals surface area (Å²) in [5.74, 6) is 0.706. The summed E-state index contributed by atoms with van der Waals surface area (Å²) in [6.45, 7) is 1.82. The van der Waals surface area contributed by atoms with E-state index in [4.69, 9.17) is 11.6 Å². The molecule has 0 atom stereocenters. The van der Waals surface area contributed by atoms with Crippen LogP contribution >= 0.6 is 11.6 Å². The SMILES string of the molecule is Cc1nnc2c3cnccc3c(Cl)nn12. The molecular weight excluding hydrogens is 214 g/mol. The number of aromatic nitrogens is 5. The minimum Gasteiger partial charge on any atom is -0.264 e. The van der Waals surface area contributed by atoms with Crippen LogP contribution in [0.4, 0.5) is 0 Å². The number of hydrogen-bond donors (Lipinski definition) is 0. The standard InChI is InChI=1S/C9H6ClN5/c1-5-12-13-9-7-4-11-3-2-6(7)8(10)14-15(5)9/h2-4H,1H3. The molecule has 0 unspecified atom stereocenters. The molecule has 0 amide bonds. The topological polar surface area (TPSA) is 56.0 Å². The Hall–Kier alpha value is -1.75. The third-order valence-electron chi connectivity index (χ3n) is 2.27. The zero-order chi connectivity index (χ0) is 10.4. The van der Waals surface area contributed by atoms with Gasteiger partial charge in [-0.25, -0.2) is 0 Å². The lowest BCUT2D eigenvalue weighted by Gasteiger charge is -2.00. The van der Waals surface area contributed by atoms with E-state index in [1.54, 1.807) is 16.9 Å². The van der Waals surface area contributed by atoms with Gasteiger partial charge in [0.25, 0.3) is 0 Å². The maximum atomic E-state index is 6.05. The van der Waals surface area contributed by atoms with Crippen molar-refractivity contribution in [3.8, 4) is 0 Å². The Morgan fingerprint density at radius 1 is 1.27 bits per heavy atom. The van der Waals surface area contributed by atoms with Gasteiger partial charge < -0.3 is 0 Å². The van der Waals surface area contributed by atoms with Gasteiger partial charge in [0.1, 0.15) is 0 Å². The molecule has 3 aromatic heterocycles. The largest absolute Gasteiger partial charge is 0.264 e. The lowest BCUT2D eigenvalue weighted by atomic mass is 10.2. The van der Waals surface area contributed by atoms with E-state index in [9.17, 15) is 0 Å². The number of nitrogens with zero attached hydrogens (tertiary/aromatic N) is 5. The van der Waals surface area contributed by atoms with Crippen LogP contribution in [0.15, 0.2) is 18.5 Å². The van der Waals surface area contributed by atoms with E-state index < -0.39 is 0 Å². The second kappa shape index (κ2) is 2.87. The lowest BCUT2D eigenvalue weighted by Crippen LogP contribution is -1.96. The second-order valence-electron chi connectivity index (χ2n) is 3.19. The molecule has 0 fully saturated rings. The highest BCUT2D eigenvalue weighted by Crippen LogP contribution is 2.23. The molecule has 15 heavy (non-hydrogen) atoms. The van der Waals surface area contributed by atoms with Crippen LogP contribution < -0.4 is 0 Å². The number of halogens is 1.